The Hall–Kier alpha value is -2.66. The van der Waals surface area contributed by atoms with Crippen LogP contribution in [0.3, 0.4) is 0 Å². The molecule has 0 heterocycles. The Balaban J connectivity index is 1.79. The molecule has 3 N–H and O–H groups in total. The van der Waals surface area contributed by atoms with Gasteiger partial charge in [0, 0.05) is 26.1 Å². The molecule has 5 nitrogen and oxygen atoms in total. The van der Waals surface area contributed by atoms with Crippen LogP contribution in [0.1, 0.15) is 24.0 Å². The summed E-state index contributed by atoms with van der Waals surface area (Å²) in [5.74, 6) is -0.0390. The number of rotatable bonds is 10. The lowest BCUT2D eigenvalue weighted by Gasteiger charge is -2.23. The summed E-state index contributed by atoms with van der Waals surface area (Å²) < 4.78 is 0. The first-order chi connectivity index (χ1) is 12.7. The summed E-state index contributed by atoms with van der Waals surface area (Å²) in [6.07, 6.45) is 1.38. The van der Waals surface area contributed by atoms with Crippen molar-refractivity contribution in [3.05, 3.63) is 71.8 Å². The lowest BCUT2D eigenvalue weighted by atomic mass is 10.1. The van der Waals surface area contributed by atoms with Crippen molar-refractivity contribution >= 4 is 11.8 Å². The van der Waals surface area contributed by atoms with Gasteiger partial charge in [-0.15, -0.1) is 0 Å². The standard InChI is InChI=1S/C21H27N3O2/c22-13-7-15-24(17-19-10-5-2-6-11-19)21(26)12-14-23-20(25)16-18-8-3-1-4-9-18/h1-6,8-11H,7,12-17,22H2,(H,23,25). The van der Waals surface area contributed by atoms with Crippen molar-refractivity contribution in [2.75, 3.05) is 19.6 Å². The fraction of sp³-hybridized carbons (Fsp3) is 0.333. The van der Waals surface area contributed by atoms with Gasteiger partial charge in [0.1, 0.15) is 0 Å². The van der Waals surface area contributed by atoms with Gasteiger partial charge in [0.05, 0.1) is 6.42 Å². The van der Waals surface area contributed by atoms with Crippen molar-refractivity contribution in [3.63, 3.8) is 0 Å². The van der Waals surface area contributed by atoms with Gasteiger partial charge in [0.25, 0.3) is 0 Å². The van der Waals surface area contributed by atoms with Gasteiger partial charge in [0.15, 0.2) is 0 Å². The number of benzene rings is 2. The van der Waals surface area contributed by atoms with E-state index in [0.717, 1.165) is 17.5 Å². The second-order valence-electron chi connectivity index (χ2n) is 6.21. The van der Waals surface area contributed by atoms with Gasteiger partial charge in [-0.1, -0.05) is 60.7 Å². The third-order valence-electron chi connectivity index (χ3n) is 4.07. The van der Waals surface area contributed by atoms with E-state index >= 15 is 0 Å². The highest BCUT2D eigenvalue weighted by Gasteiger charge is 2.14. The van der Waals surface area contributed by atoms with E-state index < -0.39 is 0 Å². The fourth-order valence-corrected chi connectivity index (χ4v) is 2.69. The monoisotopic (exact) mass is 353 g/mol. The highest BCUT2D eigenvalue weighted by molar-refractivity contribution is 5.80. The summed E-state index contributed by atoms with van der Waals surface area (Å²) in [5, 5.41) is 2.83. The molecule has 138 valence electrons. The molecule has 0 atom stereocenters. The summed E-state index contributed by atoms with van der Waals surface area (Å²) in [6, 6.07) is 19.5. The van der Waals surface area contributed by atoms with E-state index in [9.17, 15) is 9.59 Å². The van der Waals surface area contributed by atoms with Gasteiger partial charge in [-0.2, -0.15) is 0 Å². The van der Waals surface area contributed by atoms with Crippen molar-refractivity contribution in [2.24, 2.45) is 5.73 Å². The van der Waals surface area contributed by atoms with Crippen molar-refractivity contribution in [1.29, 1.82) is 0 Å². The molecular formula is C21H27N3O2. The van der Waals surface area contributed by atoms with Crippen LogP contribution in [0.5, 0.6) is 0 Å². The summed E-state index contributed by atoms with van der Waals surface area (Å²) in [6.45, 7) is 2.09. The highest BCUT2D eigenvalue weighted by Crippen LogP contribution is 2.07. The zero-order valence-electron chi connectivity index (χ0n) is 15.1. The van der Waals surface area contributed by atoms with Gasteiger partial charge < -0.3 is 16.0 Å². The van der Waals surface area contributed by atoms with Crippen LogP contribution in [-0.2, 0) is 22.6 Å². The van der Waals surface area contributed by atoms with Crippen LogP contribution in [0.25, 0.3) is 0 Å². The largest absolute Gasteiger partial charge is 0.355 e. The number of nitrogens with zero attached hydrogens (tertiary/aromatic N) is 1. The molecule has 2 aromatic carbocycles. The Morgan fingerprint density at radius 3 is 2.15 bits per heavy atom. The van der Waals surface area contributed by atoms with E-state index in [0.29, 0.717) is 32.6 Å². The molecule has 0 spiro atoms. The van der Waals surface area contributed by atoms with E-state index in [1.165, 1.54) is 0 Å². The minimum atomic E-state index is -0.0689. The molecule has 26 heavy (non-hydrogen) atoms. The highest BCUT2D eigenvalue weighted by atomic mass is 16.2. The van der Waals surface area contributed by atoms with Crippen LogP contribution in [0.2, 0.25) is 0 Å². The molecule has 0 fully saturated rings. The number of hydrogen-bond donors (Lipinski definition) is 2. The van der Waals surface area contributed by atoms with Gasteiger partial charge in [-0.05, 0) is 24.1 Å². The molecule has 2 aromatic rings. The third kappa shape index (κ3) is 7.07. The smallest absolute Gasteiger partial charge is 0.224 e. The summed E-state index contributed by atoms with van der Waals surface area (Å²) in [7, 11) is 0. The lowest BCUT2D eigenvalue weighted by molar-refractivity contribution is -0.131. The number of nitrogens with one attached hydrogen (secondary N) is 1. The fourth-order valence-electron chi connectivity index (χ4n) is 2.69. The minimum Gasteiger partial charge on any atom is -0.355 e. The molecule has 0 aliphatic heterocycles. The number of amides is 2. The second kappa shape index (κ2) is 11.1. The first kappa shape index (κ1) is 19.7. The Kier molecular flexibility index (Phi) is 8.36. The van der Waals surface area contributed by atoms with Crippen molar-refractivity contribution in [1.82, 2.24) is 10.2 Å². The Labute approximate surface area is 155 Å². The van der Waals surface area contributed by atoms with Crippen molar-refractivity contribution in [3.8, 4) is 0 Å². The van der Waals surface area contributed by atoms with Gasteiger partial charge in [-0.25, -0.2) is 0 Å². The molecule has 0 saturated carbocycles. The quantitative estimate of drug-likeness (QED) is 0.687. The topological polar surface area (TPSA) is 75.4 Å². The molecule has 0 aliphatic rings. The predicted octanol–water partition coefficient (Wildman–Crippen LogP) is 2.11. The van der Waals surface area contributed by atoms with Gasteiger partial charge >= 0.3 is 0 Å². The molecule has 5 heteroatoms. The SMILES string of the molecule is NCCCN(Cc1ccccc1)C(=O)CCNC(=O)Cc1ccccc1. The Morgan fingerprint density at radius 1 is 0.923 bits per heavy atom. The Bertz CT molecular complexity index is 674. The molecule has 0 unspecified atom stereocenters. The first-order valence-electron chi connectivity index (χ1n) is 9.01. The molecule has 0 radical (unpaired) electrons. The lowest BCUT2D eigenvalue weighted by Crippen LogP contribution is -2.35. The average Bonchev–Trinajstić information content (AvgIpc) is 2.66. The summed E-state index contributed by atoms with van der Waals surface area (Å²) >= 11 is 0. The maximum absolute atomic E-state index is 12.5. The van der Waals surface area contributed by atoms with Crippen LogP contribution < -0.4 is 11.1 Å². The molecule has 2 amide bonds. The number of nitrogens with two attached hydrogens (primary N) is 1. The molecule has 0 bridgehead atoms. The van der Waals surface area contributed by atoms with E-state index in [4.69, 9.17) is 5.73 Å². The molecule has 2 rings (SSSR count). The number of carbonyl (C=O) groups is 2. The summed E-state index contributed by atoms with van der Waals surface area (Å²) in [4.78, 5) is 26.3. The maximum atomic E-state index is 12.5. The molecule has 0 saturated heterocycles. The van der Waals surface area contributed by atoms with E-state index in [1.807, 2.05) is 65.6 Å². The maximum Gasteiger partial charge on any atom is 0.224 e. The van der Waals surface area contributed by atoms with Gasteiger partial charge in [0.2, 0.25) is 11.8 Å². The zero-order chi connectivity index (χ0) is 18.6. The van der Waals surface area contributed by atoms with Gasteiger partial charge in [-0.3, -0.25) is 9.59 Å². The zero-order valence-corrected chi connectivity index (χ0v) is 15.1. The second-order valence-corrected chi connectivity index (χ2v) is 6.21. The van der Waals surface area contributed by atoms with Crippen LogP contribution in [0.15, 0.2) is 60.7 Å². The third-order valence-corrected chi connectivity index (χ3v) is 4.07. The molecule has 0 aliphatic carbocycles. The normalized spacial score (nSPS) is 10.3. The first-order valence-corrected chi connectivity index (χ1v) is 9.01. The average molecular weight is 353 g/mol. The van der Waals surface area contributed by atoms with Crippen LogP contribution >= 0.6 is 0 Å². The van der Waals surface area contributed by atoms with Crippen LogP contribution in [-0.4, -0.2) is 36.3 Å². The molecule has 0 aromatic heterocycles. The van der Waals surface area contributed by atoms with Crippen LogP contribution in [0, 0.1) is 0 Å². The van der Waals surface area contributed by atoms with E-state index in [2.05, 4.69) is 5.32 Å². The number of carbonyl (C=O) groups excluding carboxylic acids is 2. The summed E-state index contributed by atoms with van der Waals surface area (Å²) in [5.41, 5.74) is 7.64. The minimum absolute atomic E-state index is 0.0299. The van der Waals surface area contributed by atoms with Crippen molar-refractivity contribution in [2.45, 2.75) is 25.8 Å². The number of hydrogen-bond acceptors (Lipinski definition) is 3. The van der Waals surface area contributed by atoms with E-state index in [1.54, 1.807) is 0 Å². The Morgan fingerprint density at radius 2 is 1.54 bits per heavy atom. The van der Waals surface area contributed by atoms with E-state index in [-0.39, 0.29) is 18.2 Å². The van der Waals surface area contributed by atoms with Crippen molar-refractivity contribution < 1.29 is 9.59 Å². The predicted molar refractivity (Wildman–Crippen MR) is 103 cm³/mol. The van der Waals surface area contributed by atoms with Crippen LogP contribution in [0.4, 0.5) is 0 Å². The molecular weight excluding hydrogens is 326 g/mol.